The summed E-state index contributed by atoms with van der Waals surface area (Å²) in [5, 5.41) is 9.57. The molecule has 1 aromatic carbocycles. The molecule has 0 aliphatic carbocycles. The van der Waals surface area contributed by atoms with Crippen molar-refractivity contribution >= 4 is 0 Å². The number of hydrogen-bond donors (Lipinski definition) is 1. The molecule has 0 aliphatic rings. The van der Waals surface area contributed by atoms with Crippen molar-refractivity contribution in [3.63, 3.8) is 0 Å². The van der Waals surface area contributed by atoms with Gasteiger partial charge >= 0.3 is 0 Å². The van der Waals surface area contributed by atoms with Crippen LogP contribution in [0.25, 0.3) is 0 Å². The van der Waals surface area contributed by atoms with Gasteiger partial charge in [0.05, 0.1) is 6.61 Å². The summed E-state index contributed by atoms with van der Waals surface area (Å²) in [6, 6.07) is 4.24. The Bertz CT molecular complexity index is 491. The third-order valence-electron chi connectivity index (χ3n) is 6.42. The summed E-state index contributed by atoms with van der Waals surface area (Å²) in [6.45, 7) is 6.85. The van der Waals surface area contributed by atoms with Gasteiger partial charge in [0.15, 0.2) is 0 Å². The third kappa shape index (κ3) is 11.2. The van der Waals surface area contributed by atoms with E-state index < -0.39 is 0 Å². The summed E-state index contributed by atoms with van der Waals surface area (Å²) in [5.74, 6) is 0. The second-order valence-electron chi connectivity index (χ2n) is 8.86. The first-order valence-electron chi connectivity index (χ1n) is 12.4. The highest BCUT2D eigenvalue weighted by atomic mass is 16.3. The highest BCUT2D eigenvalue weighted by Gasteiger charge is 2.07. The normalized spacial score (nSPS) is 11.3. The molecule has 0 atom stereocenters. The van der Waals surface area contributed by atoms with E-state index in [4.69, 9.17) is 0 Å². The number of hydrogen-bond acceptors (Lipinski definition) is 1. The molecule has 28 heavy (non-hydrogen) atoms. The van der Waals surface area contributed by atoms with E-state index in [1.165, 1.54) is 119 Å². The number of benzene rings is 1. The summed E-state index contributed by atoms with van der Waals surface area (Å²) in [6.07, 6.45) is 23.8. The molecule has 0 spiro atoms. The molecular formula is C27H48O. The molecule has 1 N–H and O–H groups in total. The minimum absolute atomic E-state index is 0.176. The summed E-state index contributed by atoms with van der Waals surface area (Å²) >= 11 is 0. The van der Waals surface area contributed by atoms with Crippen LogP contribution in [0.5, 0.6) is 0 Å². The Morgan fingerprint density at radius 1 is 0.607 bits per heavy atom. The zero-order valence-electron chi connectivity index (χ0n) is 19.3. The van der Waals surface area contributed by atoms with Crippen LogP contribution < -0.4 is 0 Å². The van der Waals surface area contributed by atoms with E-state index in [1.54, 1.807) is 0 Å². The van der Waals surface area contributed by atoms with Crippen LogP contribution in [0.2, 0.25) is 0 Å². The molecule has 0 bridgehead atoms. The van der Waals surface area contributed by atoms with Crippen LogP contribution in [-0.4, -0.2) is 5.11 Å². The van der Waals surface area contributed by atoms with Crippen LogP contribution in [0, 0.1) is 13.8 Å². The van der Waals surface area contributed by atoms with Crippen LogP contribution in [0.15, 0.2) is 12.1 Å². The van der Waals surface area contributed by atoms with Crippen molar-refractivity contribution in [1.82, 2.24) is 0 Å². The third-order valence-corrected chi connectivity index (χ3v) is 6.42. The highest BCUT2D eigenvalue weighted by molar-refractivity contribution is 5.39. The molecule has 0 unspecified atom stereocenters. The molecule has 0 saturated carbocycles. The van der Waals surface area contributed by atoms with E-state index in [0.717, 1.165) is 12.0 Å². The van der Waals surface area contributed by atoms with E-state index >= 15 is 0 Å². The van der Waals surface area contributed by atoms with Crippen LogP contribution in [0.1, 0.15) is 132 Å². The van der Waals surface area contributed by atoms with Crippen molar-refractivity contribution < 1.29 is 5.11 Å². The predicted octanol–water partition coefficient (Wildman–Crippen LogP) is 8.60. The Morgan fingerprint density at radius 3 is 1.46 bits per heavy atom. The van der Waals surface area contributed by atoms with Gasteiger partial charge in [-0.25, -0.2) is 0 Å². The minimum atomic E-state index is 0.176. The van der Waals surface area contributed by atoms with Gasteiger partial charge in [-0.15, -0.1) is 0 Å². The minimum Gasteiger partial charge on any atom is -0.392 e. The molecule has 1 nitrogen and oxygen atoms in total. The molecule has 0 radical (unpaired) electrons. The molecule has 1 heteroatoms. The Hall–Kier alpha value is -0.820. The Balaban J connectivity index is 1.92. The van der Waals surface area contributed by atoms with Crippen LogP contribution in [-0.2, 0) is 13.0 Å². The summed E-state index contributed by atoms with van der Waals surface area (Å²) in [4.78, 5) is 0. The summed E-state index contributed by atoms with van der Waals surface area (Å²) < 4.78 is 0. The molecule has 0 saturated heterocycles. The van der Waals surface area contributed by atoms with E-state index in [0.29, 0.717) is 0 Å². The molecule has 162 valence electrons. The molecule has 0 heterocycles. The van der Waals surface area contributed by atoms with Crippen molar-refractivity contribution in [3.8, 4) is 0 Å². The van der Waals surface area contributed by atoms with Crippen molar-refractivity contribution in [2.24, 2.45) is 0 Å². The first-order chi connectivity index (χ1) is 13.7. The van der Waals surface area contributed by atoms with Gasteiger partial charge in [-0.1, -0.05) is 115 Å². The first kappa shape index (κ1) is 25.2. The number of aryl methyl sites for hydroxylation is 1. The largest absolute Gasteiger partial charge is 0.392 e. The topological polar surface area (TPSA) is 20.2 Å². The van der Waals surface area contributed by atoms with Crippen LogP contribution >= 0.6 is 0 Å². The molecule has 1 rings (SSSR count). The van der Waals surface area contributed by atoms with Gasteiger partial charge in [-0.3, -0.25) is 0 Å². The second-order valence-corrected chi connectivity index (χ2v) is 8.86. The van der Waals surface area contributed by atoms with Crippen LogP contribution in [0.4, 0.5) is 0 Å². The number of aliphatic hydroxyl groups excluding tert-OH is 1. The van der Waals surface area contributed by atoms with Gasteiger partial charge in [0, 0.05) is 0 Å². The van der Waals surface area contributed by atoms with Gasteiger partial charge in [-0.2, -0.15) is 0 Å². The van der Waals surface area contributed by atoms with E-state index in [9.17, 15) is 5.11 Å². The first-order valence-corrected chi connectivity index (χ1v) is 12.4. The standard InChI is InChI=1S/C27H48O/c1-4-5-6-7-8-9-10-11-12-13-14-15-16-17-18-19-20-27-25(3)24(2)21-22-26(27)23-28/h21-22,28H,4-20,23H2,1-3H3. The Morgan fingerprint density at radius 2 is 1.04 bits per heavy atom. The van der Waals surface area contributed by atoms with E-state index in [1.807, 2.05) is 0 Å². The predicted molar refractivity (Wildman–Crippen MR) is 125 cm³/mol. The number of aliphatic hydroxyl groups is 1. The fourth-order valence-corrected chi connectivity index (χ4v) is 4.28. The second kappa shape index (κ2) is 17.1. The monoisotopic (exact) mass is 388 g/mol. The van der Waals surface area contributed by atoms with Gasteiger partial charge < -0.3 is 5.11 Å². The lowest BCUT2D eigenvalue weighted by atomic mass is 9.93. The SMILES string of the molecule is CCCCCCCCCCCCCCCCCCc1c(CO)ccc(C)c1C. The number of rotatable bonds is 18. The smallest absolute Gasteiger partial charge is 0.0684 e. The van der Waals surface area contributed by atoms with Crippen molar-refractivity contribution in [3.05, 3.63) is 34.4 Å². The van der Waals surface area contributed by atoms with Crippen molar-refractivity contribution in [2.45, 2.75) is 137 Å². The lowest BCUT2D eigenvalue weighted by Crippen LogP contribution is -2.00. The van der Waals surface area contributed by atoms with Crippen molar-refractivity contribution in [1.29, 1.82) is 0 Å². The van der Waals surface area contributed by atoms with Gasteiger partial charge in [0.2, 0.25) is 0 Å². The molecular weight excluding hydrogens is 340 g/mol. The zero-order valence-corrected chi connectivity index (χ0v) is 19.3. The molecule has 0 amide bonds. The lowest BCUT2D eigenvalue weighted by molar-refractivity contribution is 0.280. The van der Waals surface area contributed by atoms with Gasteiger partial charge in [0.25, 0.3) is 0 Å². The fourth-order valence-electron chi connectivity index (χ4n) is 4.28. The van der Waals surface area contributed by atoms with Gasteiger partial charge in [0.1, 0.15) is 0 Å². The average Bonchev–Trinajstić information content (AvgIpc) is 2.70. The lowest BCUT2D eigenvalue weighted by Gasteiger charge is -2.13. The van der Waals surface area contributed by atoms with E-state index in [-0.39, 0.29) is 6.61 Å². The fraction of sp³-hybridized carbons (Fsp3) is 0.778. The molecule has 1 aromatic rings. The highest BCUT2D eigenvalue weighted by Crippen LogP contribution is 2.21. The maximum atomic E-state index is 9.57. The Kier molecular flexibility index (Phi) is 15.4. The summed E-state index contributed by atoms with van der Waals surface area (Å²) in [5.41, 5.74) is 5.26. The maximum absolute atomic E-state index is 9.57. The maximum Gasteiger partial charge on any atom is 0.0684 e. The molecule has 0 aromatic heterocycles. The summed E-state index contributed by atoms with van der Waals surface area (Å²) in [7, 11) is 0. The molecule has 0 aliphatic heterocycles. The van der Waals surface area contributed by atoms with E-state index in [2.05, 4.69) is 32.9 Å². The Labute approximate surface area is 176 Å². The quantitative estimate of drug-likeness (QED) is 0.250. The van der Waals surface area contributed by atoms with Crippen molar-refractivity contribution in [2.75, 3.05) is 0 Å². The zero-order chi connectivity index (χ0) is 20.5. The molecule has 0 fully saturated rings. The van der Waals surface area contributed by atoms with Gasteiger partial charge in [-0.05, 0) is 48.9 Å². The number of unbranched alkanes of at least 4 members (excludes halogenated alkanes) is 15. The van der Waals surface area contributed by atoms with Crippen LogP contribution in [0.3, 0.4) is 0 Å². The average molecular weight is 389 g/mol.